The zero-order valence-corrected chi connectivity index (χ0v) is 15.7. The number of aryl methyl sites for hydroxylation is 2. The van der Waals surface area contributed by atoms with Gasteiger partial charge in [-0.05, 0) is 25.0 Å². The lowest BCUT2D eigenvalue weighted by molar-refractivity contribution is 0.0712. The molecule has 1 aliphatic rings. The number of likely N-dealkylation sites (tertiary alicyclic amines) is 1. The van der Waals surface area contributed by atoms with Crippen LogP contribution >= 0.6 is 0 Å². The zero-order valence-electron chi connectivity index (χ0n) is 15.7. The second kappa shape index (κ2) is 7.34. The molecule has 0 spiro atoms. The van der Waals surface area contributed by atoms with Crippen LogP contribution in [0.4, 0.5) is 0 Å². The number of nitrogens with zero attached hydrogens (tertiary/aromatic N) is 6. The predicted octanol–water partition coefficient (Wildman–Crippen LogP) is 2.58. The van der Waals surface area contributed by atoms with Crippen molar-refractivity contribution < 1.29 is 4.79 Å². The van der Waals surface area contributed by atoms with Crippen molar-refractivity contribution in [2.45, 2.75) is 32.1 Å². The van der Waals surface area contributed by atoms with Crippen molar-refractivity contribution in [1.29, 1.82) is 0 Å². The second-order valence-electron chi connectivity index (χ2n) is 6.96. The smallest absolute Gasteiger partial charge is 0.257 e. The number of hydrogen-bond donors (Lipinski definition) is 0. The largest absolute Gasteiger partial charge is 0.339 e. The molecular formula is C20H24N6O. The fourth-order valence-electron chi connectivity index (χ4n) is 3.70. The Kier molecular flexibility index (Phi) is 4.75. The highest BCUT2D eigenvalue weighted by Gasteiger charge is 2.26. The van der Waals surface area contributed by atoms with Crippen molar-refractivity contribution in [3.8, 4) is 5.82 Å². The molecule has 0 aliphatic carbocycles. The number of carbonyl (C=O) groups is 1. The van der Waals surface area contributed by atoms with E-state index < -0.39 is 0 Å². The monoisotopic (exact) mass is 364 g/mol. The number of hydrogen-bond acceptors (Lipinski definition) is 4. The summed E-state index contributed by atoms with van der Waals surface area (Å²) in [4.78, 5) is 23.8. The minimum Gasteiger partial charge on any atom is -0.339 e. The standard InChI is InChI=1S/C20H24N6O/c1-3-18-21-9-12-26(18)19-6-4-5-17(23-19)15-7-10-25(11-8-15)20(27)16-13-22-24(2)14-16/h4-6,9,12-15H,3,7-8,10-11H2,1-2H3. The van der Waals surface area contributed by atoms with Crippen molar-refractivity contribution >= 4 is 5.91 Å². The van der Waals surface area contributed by atoms with E-state index in [0.29, 0.717) is 11.5 Å². The Balaban J connectivity index is 1.45. The number of carbonyl (C=O) groups excluding carboxylic acids is 1. The third-order valence-electron chi connectivity index (χ3n) is 5.19. The van der Waals surface area contributed by atoms with E-state index in [2.05, 4.69) is 29.1 Å². The molecule has 1 saturated heterocycles. The van der Waals surface area contributed by atoms with Gasteiger partial charge in [0.05, 0.1) is 11.8 Å². The molecule has 4 rings (SSSR count). The van der Waals surface area contributed by atoms with E-state index in [1.165, 1.54) is 0 Å². The van der Waals surface area contributed by atoms with Crippen LogP contribution in [0.5, 0.6) is 0 Å². The van der Waals surface area contributed by atoms with Crippen molar-refractivity contribution in [1.82, 2.24) is 29.2 Å². The minimum atomic E-state index is 0.0641. The zero-order chi connectivity index (χ0) is 18.8. The maximum Gasteiger partial charge on any atom is 0.257 e. The van der Waals surface area contributed by atoms with Crippen LogP contribution in [-0.2, 0) is 13.5 Å². The van der Waals surface area contributed by atoms with E-state index in [-0.39, 0.29) is 5.91 Å². The lowest BCUT2D eigenvalue weighted by atomic mass is 9.93. The average Bonchev–Trinajstić information content (AvgIpc) is 3.36. The lowest BCUT2D eigenvalue weighted by Gasteiger charge is -2.31. The van der Waals surface area contributed by atoms with Gasteiger partial charge in [-0.25, -0.2) is 9.97 Å². The van der Waals surface area contributed by atoms with Crippen LogP contribution in [0.3, 0.4) is 0 Å². The quantitative estimate of drug-likeness (QED) is 0.713. The summed E-state index contributed by atoms with van der Waals surface area (Å²) in [6.07, 6.45) is 9.90. The van der Waals surface area contributed by atoms with Crippen LogP contribution in [0, 0.1) is 0 Å². The highest BCUT2D eigenvalue weighted by molar-refractivity contribution is 5.93. The maximum absolute atomic E-state index is 12.6. The number of aromatic nitrogens is 5. The average molecular weight is 364 g/mol. The fraction of sp³-hybridized carbons (Fsp3) is 0.400. The van der Waals surface area contributed by atoms with Gasteiger partial charge in [0, 0.05) is 56.8 Å². The van der Waals surface area contributed by atoms with Gasteiger partial charge in [0.15, 0.2) is 0 Å². The van der Waals surface area contributed by atoms with Gasteiger partial charge in [-0.2, -0.15) is 5.10 Å². The van der Waals surface area contributed by atoms with Crippen molar-refractivity contribution in [3.63, 3.8) is 0 Å². The van der Waals surface area contributed by atoms with Crippen molar-refractivity contribution in [3.05, 3.63) is 60.1 Å². The van der Waals surface area contributed by atoms with Crippen LogP contribution in [0.1, 0.15) is 47.6 Å². The molecule has 0 radical (unpaired) electrons. The molecule has 0 N–H and O–H groups in total. The number of piperidine rings is 1. The lowest BCUT2D eigenvalue weighted by Crippen LogP contribution is -2.38. The molecule has 1 fully saturated rings. The molecule has 1 amide bonds. The Morgan fingerprint density at radius 3 is 2.78 bits per heavy atom. The minimum absolute atomic E-state index is 0.0641. The van der Waals surface area contributed by atoms with Gasteiger partial charge in [-0.3, -0.25) is 14.0 Å². The molecular weight excluding hydrogens is 340 g/mol. The van der Waals surface area contributed by atoms with E-state index in [1.807, 2.05) is 35.0 Å². The molecule has 4 heterocycles. The first kappa shape index (κ1) is 17.5. The topological polar surface area (TPSA) is 68.8 Å². The van der Waals surface area contributed by atoms with Gasteiger partial charge >= 0.3 is 0 Å². The second-order valence-corrected chi connectivity index (χ2v) is 6.96. The molecule has 0 saturated carbocycles. The Hall–Kier alpha value is -2.96. The third kappa shape index (κ3) is 3.49. The number of imidazole rings is 1. The Bertz CT molecular complexity index is 935. The summed E-state index contributed by atoms with van der Waals surface area (Å²) >= 11 is 0. The Labute approximate surface area is 158 Å². The summed E-state index contributed by atoms with van der Waals surface area (Å²) in [5.41, 5.74) is 1.75. The van der Waals surface area contributed by atoms with Crippen LogP contribution in [0.15, 0.2) is 43.0 Å². The van der Waals surface area contributed by atoms with E-state index >= 15 is 0 Å². The van der Waals surface area contributed by atoms with Gasteiger partial charge in [-0.15, -0.1) is 0 Å². The van der Waals surface area contributed by atoms with E-state index in [4.69, 9.17) is 4.98 Å². The number of rotatable bonds is 4. The predicted molar refractivity (Wildman–Crippen MR) is 102 cm³/mol. The summed E-state index contributed by atoms with van der Waals surface area (Å²) in [7, 11) is 1.83. The normalized spacial score (nSPS) is 15.3. The van der Waals surface area contributed by atoms with Crippen molar-refractivity contribution in [2.75, 3.05) is 13.1 Å². The first-order valence-corrected chi connectivity index (χ1v) is 9.43. The molecule has 140 valence electrons. The molecule has 27 heavy (non-hydrogen) atoms. The highest BCUT2D eigenvalue weighted by Crippen LogP contribution is 2.28. The fourth-order valence-corrected chi connectivity index (χ4v) is 3.70. The third-order valence-corrected chi connectivity index (χ3v) is 5.19. The van der Waals surface area contributed by atoms with E-state index in [0.717, 1.165) is 49.7 Å². The first-order chi connectivity index (χ1) is 13.2. The van der Waals surface area contributed by atoms with Gasteiger partial charge in [0.25, 0.3) is 5.91 Å². The summed E-state index contributed by atoms with van der Waals surface area (Å²) in [6.45, 7) is 3.59. The number of amides is 1. The van der Waals surface area contributed by atoms with Gasteiger partial charge in [0.1, 0.15) is 11.6 Å². The highest BCUT2D eigenvalue weighted by atomic mass is 16.2. The van der Waals surface area contributed by atoms with Crippen LogP contribution in [0.2, 0.25) is 0 Å². The molecule has 1 aliphatic heterocycles. The van der Waals surface area contributed by atoms with Gasteiger partial charge in [0.2, 0.25) is 0 Å². The van der Waals surface area contributed by atoms with Gasteiger partial charge < -0.3 is 4.90 Å². The molecule has 0 unspecified atom stereocenters. The SMILES string of the molecule is CCc1nccn1-c1cccc(C2CCN(C(=O)c3cnn(C)c3)CC2)n1. The summed E-state index contributed by atoms with van der Waals surface area (Å²) < 4.78 is 3.71. The molecule has 0 atom stereocenters. The van der Waals surface area contributed by atoms with Crippen LogP contribution in [-0.4, -0.2) is 48.2 Å². The van der Waals surface area contributed by atoms with E-state index in [9.17, 15) is 4.79 Å². The summed E-state index contributed by atoms with van der Waals surface area (Å²) in [6, 6.07) is 6.17. The summed E-state index contributed by atoms with van der Waals surface area (Å²) in [5, 5.41) is 4.09. The van der Waals surface area contributed by atoms with Crippen LogP contribution in [0.25, 0.3) is 5.82 Å². The van der Waals surface area contributed by atoms with Gasteiger partial charge in [-0.1, -0.05) is 13.0 Å². The molecule has 3 aromatic rings. The molecule has 3 aromatic heterocycles. The first-order valence-electron chi connectivity index (χ1n) is 9.43. The molecule has 0 bridgehead atoms. The van der Waals surface area contributed by atoms with E-state index in [1.54, 1.807) is 17.1 Å². The molecule has 7 heteroatoms. The number of pyridine rings is 1. The maximum atomic E-state index is 12.6. The van der Waals surface area contributed by atoms with Crippen LogP contribution < -0.4 is 0 Å². The molecule has 7 nitrogen and oxygen atoms in total. The molecule has 0 aromatic carbocycles. The van der Waals surface area contributed by atoms with Crippen molar-refractivity contribution in [2.24, 2.45) is 7.05 Å². The Morgan fingerprint density at radius 2 is 2.07 bits per heavy atom. The Morgan fingerprint density at radius 1 is 1.26 bits per heavy atom. The summed E-state index contributed by atoms with van der Waals surface area (Å²) in [5.74, 6) is 2.36.